The van der Waals surface area contributed by atoms with Gasteiger partial charge in [-0.3, -0.25) is 20.0 Å². The van der Waals surface area contributed by atoms with Crippen molar-refractivity contribution in [2.45, 2.75) is 0 Å². The Morgan fingerprint density at radius 1 is 1.33 bits per heavy atom. The number of nitro groups is 1. The van der Waals surface area contributed by atoms with Crippen LogP contribution in [0.1, 0.15) is 10.4 Å². The first-order valence-electron chi connectivity index (χ1n) is 5.74. The fourth-order valence-electron chi connectivity index (χ4n) is 1.76. The molecule has 1 N–H and O–H groups in total. The highest BCUT2D eigenvalue weighted by Gasteiger charge is 2.18. The number of carbonyl (C=O) groups is 1. The molecule has 2 heterocycles. The summed E-state index contributed by atoms with van der Waals surface area (Å²) in [4.78, 5) is 29.1. The Labute approximate surface area is 116 Å². The summed E-state index contributed by atoms with van der Waals surface area (Å²) < 4.78 is 5.47. The van der Waals surface area contributed by atoms with Crippen molar-refractivity contribution in [3.05, 3.63) is 46.4 Å². The summed E-state index contributed by atoms with van der Waals surface area (Å²) in [5.74, 6) is 0.0331. The Balaban J connectivity index is 2.10. The highest BCUT2D eigenvalue weighted by molar-refractivity contribution is 5.80. The molecule has 9 heteroatoms. The first-order valence-corrected chi connectivity index (χ1v) is 5.74. The van der Waals surface area contributed by atoms with Crippen LogP contribution in [0.3, 0.4) is 0 Å². The van der Waals surface area contributed by atoms with Gasteiger partial charge in [0.1, 0.15) is 18.0 Å². The van der Waals surface area contributed by atoms with Gasteiger partial charge in [-0.2, -0.15) is 5.10 Å². The first kappa shape index (κ1) is 12.7. The Bertz CT molecular complexity index is 845. The Kier molecular flexibility index (Phi) is 2.99. The SMILES string of the molecule is O=Cc1ccc([N+](=O)[O-])c(Oc2ncnc3[nH]ncc23)c1. The number of aldehydes is 1. The number of ether oxygens (including phenoxy) is 1. The van der Waals surface area contributed by atoms with Gasteiger partial charge in [0.05, 0.1) is 11.1 Å². The number of nitrogens with zero attached hydrogens (tertiary/aromatic N) is 4. The van der Waals surface area contributed by atoms with Crippen molar-refractivity contribution < 1.29 is 14.5 Å². The number of nitrogens with one attached hydrogen (secondary N) is 1. The maximum Gasteiger partial charge on any atom is 0.311 e. The number of nitro benzene ring substituents is 1. The second-order valence-electron chi connectivity index (χ2n) is 4.02. The summed E-state index contributed by atoms with van der Waals surface area (Å²) in [7, 11) is 0. The number of rotatable bonds is 4. The number of benzene rings is 1. The van der Waals surface area contributed by atoms with Crippen LogP contribution in [0, 0.1) is 10.1 Å². The Hall–Kier alpha value is -3.36. The second-order valence-corrected chi connectivity index (χ2v) is 4.02. The van der Waals surface area contributed by atoms with E-state index in [0.29, 0.717) is 17.3 Å². The van der Waals surface area contributed by atoms with E-state index in [2.05, 4.69) is 20.2 Å². The van der Waals surface area contributed by atoms with Gasteiger partial charge < -0.3 is 4.74 Å². The van der Waals surface area contributed by atoms with Gasteiger partial charge in [0.2, 0.25) is 11.6 Å². The van der Waals surface area contributed by atoms with Crippen LogP contribution in [0.25, 0.3) is 11.0 Å². The minimum absolute atomic E-state index is 0.0780. The van der Waals surface area contributed by atoms with E-state index in [0.717, 1.165) is 0 Å². The fraction of sp³-hybridized carbons (Fsp3) is 0. The van der Waals surface area contributed by atoms with Crippen LogP contribution in [0.5, 0.6) is 11.6 Å². The molecule has 0 unspecified atom stereocenters. The second kappa shape index (κ2) is 4.96. The van der Waals surface area contributed by atoms with Crippen LogP contribution in [-0.2, 0) is 0 Å². The molecule has 0 fully saturated rings. The molecule has 0 aliphatic heterocycles. The first-order chi connectivity index (χ1) is 10.2. The zero-order valence-corrected chi connectivity index (χ0v) is 10.4. The van der Waals surface area contributed by atoms with Crippen molar-refractivity contribution >= 4 is 23.0 Å². The lowest BCUT2D eigenvalue weighted by Gasteiger charge is -2.06. The summed E-state index contributed by atoms with van der Waals surface area (Å²) in [6.45, 7) is 0. The van der Waals surface area contributed by atoms with Gasteiger partial charge in [-0.15, -0.1) is 0 Å². The number of fused-ring (bicyclic) bond motifs is 1. The van der Waals surface area contributed by atoms with Crippen LogP contribution in [-0.4, -0.2) is 31.4 Å². The van der Waals surface area contributed by atoms with Gasteiger partial charge in [0.15, 0.2) is 5.65 Å². The van der Waals surface area contributed by atoms with Gasteiger partial charge in [0, 0.05) is 11.6 Å². The van der Waals surface area contributed by atoms with E-state index in [9.17, 15) is 14.9 Å². The topological polar surface area (TPSA) is 124 Å². The van der Waals surface area contributed by atoms with Crippen molar-refractivity contribution in [3.63, 3.8) is 0 Å². The van der Waals surface area contributed by atoms with Crippen LogP contribution < -0.4 is 4.74 Å². The molecular formula is C12H7N5O4. The molecule has 0 spiro atoms. The molecule has 0 radical (unpaired) electrons. The molecule has 0 aliphatic rings. The molecule has 0 saturated carbocycles. The van der Waals surface area contributed by atoms with Gasteiger partial charge in [0.25, 0.3) is 0 Å². The number of hydrogen-bond acceptors (Lipinski definition) is 7. The molecule has 2 aromatic heterocycles. The minimum atomic E-state index is -0.600. The zero-order chi connectivity index (χ0) is 14.8. The maximum absolute atomic E-state index is 11.0. The quantitative estimate of drug-likeness (QED) is 0.440. The third-order valence-corrected chi connectivity index (χ3v) is 2.73. The summed E-state index contributed by atoms with van der Waals surface area (Å²) in [6.07, 6.45) is 3.26. The van der Waals surface area contributed by atoms with E-state index in [1.807, 2.05) is 0 Å². The van der Waals surface area contributed by atoms with Gasteiger partial charge in [-0.05, 0) is 12.1 Å². The molecular weight excluding hydrogens is 278 g/mol. The lowest BCUT2D eigenvalue weighted by Crippen LogP contribution is -1.96. The Morgan fingerprint density at radius 3 is 2.95 bits per heavy atom. The smallest absolute Gasteiger partial charge is 0.311 e. The van der Waals surface area contributed by atoms with Crippen molar-refractivity contribution in [1.82, 2.24) is 20.2 Å². The van der Waals surface area contributed by atoms with E-state index in [-0.39, 0.29) is 22.9 Å². The summed E-state index contributed by atoms with van der Waals surface area (Å²) in [5.41, 5.74) is 0.429. The monoisotopic (exact) mass is 285 g/mol. The van der Waals surface area contributed by atoms with Crippen LogP contribution in [0.4, 0.5) is 5.69 Å². The standard InChI is InChI=1S/C12H7N5O4/c18-5-7-1-2-9(17(19)20)10(3-7)21-12-8-4-15-16-11(8)13-6-14-12/h1-6H,(H,13,14,15,16). The molecule has 104 valence electrons. The highest BCUT2D eigenvalue weighted by Crippen LogP contribution is 2.33. The molecule has 0 atom stereocenters. The molecule has 0 aliphatic carbocycles. The van der Waals surface area contributed by atoms with E-state index in [4.69, 9.17) is 4.74 Å². The van der Waals surface area contributed by atoms with E-state index < -0.39 is 4.92 Å². The average Bonchev–Trinajstić information content (AvgIpc) is 2.96. The summed E-state index contributed by atoms with van der Waals surface area (Å²) >= 11 is 0. The highest BCUT2D eigenvalue weighted by atomic mass is 16.6. The lowest BCUT2D eigenvalue weighted by molar-refractivity contribution is -0.385. The number of hydrogen-bond donors (Lipinski definition) is 1. The van der Waals surface area contributed by atoms with Gasteiger partial charge in [-0.25, -0.2) is 9.97 Å². The normalized spacial score (nSPS) is 10.5. The predicted octanol–water partition coefficient (Wildman–Crippen LogP) is 1.87. The molecule has 3 rings (SSSR count). The molecule has 1 aromatic carbocycles. The summed E-state index contributed by atoms with van der Waals surface area (Å²) in [6, 6.07) is 3.82. The van der Waals surface area contributed by atoms with Crippen LogP contribution in [0.15, 0.2) is 30.7 Å². The predicted molar refractivity (Wildman–Crippen MR) is 70.2 cm³/mol. The van der Waals surface area contributed by atoms with E-state index >= 15 is 0 Å². The third-order valence-electron chi connectivity index (χ3n) is 2.73. The molecule has 21 heavy (non-hydrogen) atoms. The van der Waals surface area contributed by atoms with Crippen LogP contribution in [0.2, 0.25) is 0 Å². The average molecular weight is 285 g/mol. The fourth-order valence-corrected chi connectivity index (χ4v) is 1.76. The maximum atomic E-state index is 11.0. The number of H-pyrrole nitrogens is 1. The lowest BCUT2D eigenvalue weighted by atomic mass is 10.2. The number of aromatic nitrogens is 4. The molecule has 9 nitrogen and oxygen atoms in total. The minimum Gasteiger partial charge on any atom is -0.431 e. The third kappa shape index (κ3) is 2.27. The van der Waals surface area contributed by atoms with Crippen molar-refractivity contribution in [1.29, 1.82) is 0 Å². The number of carbonyl (C=O) groups excluding carboxylic acids is 1. The van der Waals surface area contributed by atoms with Gasteiger partial charge in [-0.1, -0.05) is 0 Å². The van der Waals surface area contributed by atoms with Crippen molar-refractivity contribution in [3.8, 4) is 11.6 Å². The molecule has 0 saturated heterocycles. The van der Waals surface area contributed by atoms with Crippen molar-refractivity contribution in [2.75, 3.05) is 0 Å². The largest absolute Gasteiger partial charge is 0.431 e. The Morgan fingerprint density at radius 2 is 2.19 bits per heavy atom. The van der Waals surface area contributed by atoms with E-state index in [1.54, 1.807) is 0 Å². The molecule has 0 amide bonds. The molecule has 0 bridgehead atoms. The zero-order valence-electron chi connectivity index (χ0n) is 10.4. The van der Waals surface area contributed by atoms with Gasteiger partial charge >= 0.3 is 5.69 Å². The number of aromatic amines is 1. The summed E-state index contributed by atoms with van der Waals surface area (Å²) in [5, 5.41) is 17.9. The molecule has 3 aromatic rings. The van der Waals surface area contributed by atoms with E-state index in [1.165, 1.54) is 30.7 Å². The van der Waals surface area contributed by atoms with Crippen LogP contribution >= 0.6 is 0 Å². The van der Waals surface area contributed by atoms with Crippen molar-refractivity contribution in [2.24, 2.45) is 0 Å².